The van der Waals surface area contributed by atoms with Crippen LogP contribution in [-0.2, 0) is 11.3 Å². The van der Waals surface area contributed by atoms with E-state index in [0.29, 0.717) is 13.2 Å². The van der Waals surface area contributed by atoms with Gasteiger partial charge in [0, 0.05) is 25.2 Å². The predicted molar refractivity (Wildman–Crippen MR) is 98.4 cm³/mol. The Hall–Kier alpha value is -2.05. The van der Waals surface area contributed by atoms with Crippen LogP contribution in [0.2, 0.25) is 0 Å². The molecule has 2 saturated heterocycles. The fourth-order valence-electron chi connectivity index (χ4n) is 3.96. The minimum Gasteiger partial charge on any atom is -0.373 e. The fraction of sp³-hybridized carbons (Fsp3) is 0.500. The second kappa shape index (κ2) is 7.29. The molecule has 1 unspecified atom stereocenters. The van der Waals surface area contributed by atoms with Crippen molar-refractivity contribution in [3.63, 3.8) is 0 Å². The number of piperidine rings is 1. The monoisotopic (exact) mass is 356 g/mol. The van der Waals surface area contributed by atoms with E-state index in [4.69, 9.17) is 4.74 Å². The number of nitrogens with one attached hydrogen (secondary N) is 1. The predicted octanol–water partition coefficient (Wildman–Crippen LogP) is 3.16. The highest BCUT2D eigenvalue weighted by molar-refractivity contribution is 5.34. The number of hydrogen-bond acceptors (Lipinski definition) is 5. The Labute approximate surface area is 153 Å². The van der Waals surface area contributed by atoms with Crippen LogP contribution in [0.3, 0.4) is 0 Å². The molecule has 2 aliphatic heterocycles. The number of aryl methyl sites for hydroxylation is 1. The summed E-state index contributed by atoms with van der Waals surface area (Å²) in [5.74, 6) is 0.687. The van der Waals surface area contributed by atoms with Gasteiger partial charge in [0.1, 0.15) is 11.6 Å². The molecule has 2 fully saturated rings. The number of halogens is 1. The summed E-state index contributed by atoms with van der Waals surface area (Å²) in [7, 11) is 0. The highest BCUT2D eigenvalue weighted by Crippen LogP contribution is 2.37. The minimum atomic E-state index is -0.117. The molecule has 0 amide bonds. The molecule has 0 radical (unpaired) electrons. The van der Waals surface area contributed by atoms with Crippen molar-refractivity contribution in [2.75, 3.05) is 25.0 Å². The Balaban J connectivity index is 1.30. The van der Waals surface area contributed by atoms with Gasteiger partial charge in [0.2, 0.25) is 0 Å². The lowest BCUT2D eigenvalue weighted by Crippen LogP contribution is -2.44. The molecule has 1 aromatic heterocycles. The SMILES string of the molecule is Cc1ccc(NC2COC3(CCN(Cc4ccccc4F)CC3)C2)nn1. The van der Waals surface area contributed by atoms with Gasteiger partial charge in [0.05, 0.1) is 23.9 Å². The average molecular weight is 356 g/mol. The van der Waals surface area contributed by atoms with Gasteiger partial charge in [-0.2, -0.15) is 5.10 Å². The van der Waals surface area contributed by atoms with Crippen molar-refractivity contribution in [1.82, 2.24) is 15.1 Å². The highest BCUT2D eigenvalue weighted by Gasteiger charge is 2.42. The number of aromatic nitrogens is 2. The minimum absolute atomic E-state index is 0.0540. The molecule has 4 rings (SSSR count). The third-order valence-electron chi connectivity index (χ3n) is 5.48. The molecular formula is C20H25FN4O. The van der Waals surface area contributed by atoms with Gasteiger partial charge in [-0.3, -0.25) is 4.90 Å². The third kappa shape index (κ3) is 3.86. The molecule has 1 spiro atoms. The summed E-state index contributed by atoms with van der Waals surface area (Å²) in [6.45, 7) is 5.17. The van der Waals surface area contributed by atoms with Gasteiger partial charge in [-0.25, -0.2) is 4.39 Å². The summed E-state index contributed by atoms with van der Waals surface area (Å²) in [5, 5.41) is 11.7. The van der Waals surface area contributed by atoms with E-state index < -0.39 is 0 Å². The summed E-state index contributed by atoms with van der Waals surface area (Å²) in [5.41, 5.74) is 1.63. The first-order valence-corrected chi connectivity index (χ1v) is 9.29. The second-order valence-corrected chi connectivity index (χ2v) is 7.47. The standard InChI is InChI=1S/C20H25FN4O/c1-15-6-7-19(24-23-15)22-17-12-20(26-14-17)8-10-25(11-9-20)13-16-4-2-3-5-18(16)21/h2-7,17H,8-14H2,1H3,(H,22,24). The summed E-state index contributed by atoms with van der Waals surface area (Å²) >= 11 is 0. The number of benzene rings is 1. The molecule has 138 valence electrons. The van der Waals surface area contributed by atoms with Crippen LogP contribution in [0.5, 0.6) is 0 Å². The molecule has 0 saturated carbocycles. The van der Waals surface area contributed by atoms with Crippen LogP contribution >= 0.6 is 0 Å². The fourth-order valence-corrected chi connectivity index (χ4v) is 3.96. The van der Waals surface area contributed by atoms with Crippen molar-refractivity contribution < 1.29 is 9.13 Å². The van der Waals surface area contributed by atoms with Gasteiger partial charge in [0.25, 0.3) is 0 Å². The van der Waals surface area contributed by atoms with Crippen molar-refractivity contribution in [2.24, 2.45) is 0 Å². The molecule has 3 heterocycles. The van der Waals surface area contributed by atoms with Gasteiger partial charge in [-0.1, -0.05) is 18.2 Å². The van der Waals surface area contributed by atoms with Crippen LogP contribution < -0.4 is 5.32 Å². The van der Waals surface area contributed by atoms with Crippen LogP contribution in [0.4, 0.5) is 10.2 Å². The molecule has 1 N–H and O–H groups in total. The zero-order valence-corrected chi connectivity index (χ0v) is 15.1. The van der Waals surface area contributed by atoms with E-state index in [0.717, 1.165) is 49.4 Å². The number of hydrogen-bond donors (Lipinski definition) is 1. The number of anilines is 1. The van der Waals surface area contributed by atoms with Gasteiger partial charge < -0.3 is 10.1 Å². The summed E-state index contributed by atoms with van der Waals surface area (Å²) in [6.07, 6.45) is 2.95. The molecule has 1 aromatic carbocycles. The maximum absolute atomic E-state index is 13.9. The first-order valence-electron chi connectivity index (χ1n) is 9.29. The molecule has 5 nitrogen and oxygen atoms in total. The smallest absolute Gasteiger partial charge is 0.148 e. The Kier molecular flexibility index (Phi) is 4.87. The van der Waals surface area contributed by atoms with Crippen LogP contribution in [0, 0.1) is 12.7 Å². The van der Waals surface area contributed by atoms with E-state index >= 15 is 0 Å². The van der Waals surface area contributed by atoms with Crippen LogP contribution in [-0.4, -0.2) is 46.4 Å². The van der Waals surface area contributed by atoms with Crippen molar-refractivity contribution in [3.8, 4) is 0 Å². The van der Waals surface area contributed by atoms with E-state index in [1.54, 1.807) is 6.07 Å². The van der Waals surface area contributed by atoms with E-state index in [1.807, 2.05) is 31.2 Å². The van der Waals surface area contributed by atoms with Crippen LogP contribution in [0.15, 0.2) is 36.4 Å². The quantitative estimate of drug-likeness (QED) is 0.912. The first kappa shape index (κ1) is 17.4. The van der Waals surface area contributed by atoms with Gasteiger partial charge in [-0.05, 0) is 44.4 Å². The molecule has 2 aromatic rings. The number of nitrogens with zero attached hydrogens (tertiary/aromatic N) is 3. The normalized spacial score (nSPS) is 22.6. The molecule has 26 heavy (non-hydrogen) atoms. The maximum atomic E-state index is 13.9. The summed E-state index contributed by atoms with van der Waals surface area (Å²) in [6, 6.07) is 11.2. The van der Waals surface area contributed by atoms with E-state index in [2.05, 4.69) is 20.4 Å². The zero-order valence-electron chi connectivity index (χ0n) is 15.1. The van der Waals surface area contributed by atoms with E-state index in [-0.39, 0.29) is 17.5 Å². The van der Waals surface area contributed by atoms with E-state index in [9.17, 15) is 4.39 Å². The maximum Gasteiger partial charge on any atom is 0.148 e. The largest absolute Gasteiger partial charge is 0.373 e. The van der Waals surface area contributed by atoms with Gasteiger partial charge in [-0.15, -0.1) is 5.10 Å². The Bertz CT molecular complexity index is 744. The molecule has 6 heteroatoms. The van der Waals surface area contributed by atoms with Crippen LogP contribution in [0.25, 0.3) is 0 Å². The summed E-state index contributed by atoms with van der Waals surface area (Å²) < 4.78 is 20.1. The Morgan fingerprint density at radius 1 is 1.19 bits per heavy atom. The molecule has 2 aliphatic rings. The van der Waals surface area contributed by atoms with Crippen molar-refractivity contribution >= 4 is 5.82 Å². The molecule has 1 atom stereocenters. The average Bonchev–Trinajstić information content (AvgIpc) is 3.03. The lowest BCUT2D eigenvalue weighted by atomic mass is 9.87. The van der Waals surface area contributed by atoms with Crippen molar-refractivity contribution in [2.45, 2.75) is 44.4 Å². The molecule has 0 aliphatic carbocycles. The highest BCUT2D eigenvalue weighted by atomic mass is 19.1. The lowest BCUT2D eigenvalue weighted by Gasteiger charge is -2.38. The molecular weight excluding hydrogens is 331 g/mol. The number of ether oxygens (including phenoxy) is 1. The van der Waals surface area contributed by atoms with E-state index in [1.165, 1.54) is 6.07 Å². The molecule has 0 bridgehead atoms. The van der Waals surface area contributed by atoms with Crippen molar-refractivity contribution in [1.29, 1.82) is 0 Å². The van der Waals surface area contributed by atoms with Crippen molar-refractivity contribution in [3.05, 3.63) is 53.5 Å². The number of likely N-dealkylation sites (tertiary alicyclic amines) is 1. The van der Waals surface area contributed by atoms with Gasteiger partial charge >= 0.3 is 0 Å². The lowest BCUT2D eigenvalue weighted by molar-refractivity contribution is -0.0449. The van der Waals surface area contributed by atoms with Crippen LogP contribution in [0.1, 0.15) is 30.5 Å². The summed E-state index contributed by atoms with van der Waals surface area (Å²) in [4.78, 5) is 2.32. The second-order valence-electron chi connectivity index (χ2n) is 7.47. The Morgan fingerprint density at radius 3 is 2.73 bits per heavy atom. The topological polar surface area (TPSA) is 50.3 Å². The number of rotatable bonds is 4. The first-order chi connectivity index (χ1) is 12.6. The zero-order chi connectivity index (χ0) is 18.0. The Morgan fingerprint density at radius 2 is 2.00 bits per heavy atom. The third-order valence-corrected chi connectivity index (χ3v) is 5.48. The van der Waals surface area contributed by atoms with Gasteiger partial charge in [0.15, 0.2) is 0 Å².